The van der Waals surface area contributed by atoms with Crippen LogP contribution in [0.25, 0.3) is 0 Å². The van der Waals surface area contributed by atoms with Gasteiger partial charge in [0.05, 0.1) is 6.26 Å². The minimum absolute atomic E-state index is 0.0293. The number of nitrogens with zero attached hydrogens (tertiary/aromatic N) is 2. The summed E-state index contributed by atoms with van der Waals surface area (Å²) in [6.45, 7) is 4.26. The Morgan fingerprint density at radius 1 is 1.28 bits per heavy atom. The molecule has 0 radical (unpaired) electrons. The minimum Gasteiger partial charge on any atom is -0.340 e. The fourth-order valence-corrected chi connectivity index (χ4v) is 2.93. The van der Waals surface area contributed by atoms with Crippen LogP contribution in [0.1, 0.15) is 19.8 Å². The highest BCUT2D eigenvalue weighted by Gasteiger charge is 2.27. The molecule has 2 N–H and O–H groups in total. The van der Waals surface area contributed by atoms with E-state index in [2.05, 4.69) is 0 Å². The molecule has 1 unspecified atom stereocenters. The van der Waals surface area contributed by atoms with Crippen LogP contribution in [0.3, 0.4) is 0 Å². The summed E-state index contributed by atoms with van der Waals surface area (Å²) in [6, 6.07) is 0. The van der Waals surface area contributed by atoms with Crippen LogP contribution in [0.4, 0.5) is 0 Å². The van der Waals surface area contributed by atoms with Crippen molar-refractivity contribution in [2.45, 2.75) is 19.8 Å². The lowest BCUT2D eigenvalue weighted by atomic mass is 10.0. The highest BCUT2D eigenvalue weighted by atomic mass is 32.2. The molecule has 0 saturated carbocycles. The Morgan fingerprint density at radius 3 is 2.28 bits per heavy atom. The molecule has 1 saturated heterocycles. The predicted molar refractivity (Wildman–Crippen MR) is 70.4 cm³/mol. The molecule has 7 heteroatoms. The molecule has 1 aliphatic heterocycles. The van der Waals surface area contributed by atoms with Gasteiger partial charge >= 0.3 is 0 Å². The van der Waals surface area contributed by atoms with Crippen molar-refractivity contribution in [3.8, 4) is 0 Å². The Morgan fingerprint density at radius 2 is 1.83 bits per heavy atom. The highest BCUT2D eigenvalue weighted by Crippen LogP contribution is 2.13. The van der Waals surface area contributed by atoms with Gasteiger partial charge in [-0.3, -0.25) is 4.79 Å². The Balaban J connectivity index is 2.45. The van der Waals surface area contributed by atoms with Crippen LogP contribution in [0.2, 0.25) is 0 Å². The molecule has 0 bridgehead atoms. The average Bonchev–Trinajstić information content (AvgIpc) is 2.34. The standard InChI is InChI=1S/C11H23N3O3S/c1-10(4-3-5-12)11(15)13-6-8-14(9-7-13)18(2,16)17/h10H,3-9,12H2,1-2H3. The third kappa shape index (κ3) is 4.22. The van der Waals surface area contributed by atoms with Crippen molar-refractivity contribution in [2.75, 3.05) is 39.0 Å². The molecule has 0 aromatic rings. The van der Waals surface area contributed by atoms with Crippen molar-refractivity contribution in [3.63, 3.8) is 0 Å². The quantitative estimate of drug-likeness (QED) is 0.732. The van der Waals surface area contributed by atoms with Crippen LogP contribution in [0.15, 0.2) is 0 Å². The summed E-state index contributed by atoms with van der Waals surface area (Å²) in [5.74, 6) is 0.0786. The van der Waals surface area contributed by atoms with Gasteiger partial charge in [-0.1, -0.05) is 6.92 Å². The molecule has 6 nitrogen and oxygen atoms in total. The van der Waals surface area contributed by atoms with E-state index >= 15 is 0 Å². The van der Waals surface area contributed by atoms with E-state index in [1.54, 1.807) is 4.90 Å². The molecule has 1 fully saturated rings. The molecule has 106 valence electrons. The monoisotopic (exact) mass is 277 g/mol. The van der Waals surface area contributed by atoms with Gasteiger partial charge in [0.25, 0.3) is 0 Å². The number of hydrogen-bond donors (Lipinski definition) is 1. The number of sulfonamides is 1. The van der Waals surface area contributed by atoms with Crippen LogP contribution in [0, 0.1) is 5.92 Å². The first-order chi connectivity index (χ1) is 8.36. The van der Waals surface area contributed by atoms with E-state index in [1.807, 2.05) is 6.92 Å². The molecule has 0 aromatic heterocycles. The Bertz CT molecular complexity index is 375. The second-order valence-electron chi connectivity index (χ2n) is 4.82. The number of carbonyl (C=O) groups is 1. The number of carbonyl (C=O) groups excluding carboxylic acids is 1. The first-order valence-corrected chi connectivity index (χ1v) is 8.15. The van der Waals surface area contributed by atoms with Gasteiger partial charge in [-0.05, 0) is 19.4 Å². The zero-order chi connectivity index (χ0) is 13.8. The largest absolute Gasteiger partial charge is 0.340 e. The molecule has 0 spiro atoms. The van der Waals surface area contributed by atoms with Crippen LogP contribution < -0.4 is 5.73 Å². The zero-order valence-corrected chi connectivity index (χ0v) is 11.9. The fourth-order valence-electron chi connectivity index (χ4n) is 2.10. The van der Waals surface area contributed by atoms with Crippen molar-refractivity contribution in [3.05, 3.63) is 0 Å². The number of amides is 1. The van der Waals surface area contributed by atoms with E-state index in [4.69, 9.17) is 5.73 Å². The molecular weight excluding hydrogens is 254 g/mol. The SMILES string of the molecule is CC(CCCN)C(=O)N1CCN(S(C)(=O)=O)CC1. The summed E-state index contributed by atoms with van der Waals surface area (Å²) in [5.41, 5.74) is 5.42. The lowest BCUT2D eigenvalue weighted by Crippen LogP contribution is -2.51. The molecule has 1 aliphatic rings. The molecule has 0 aromatic carbocycles. The van der Waals surface area contributed by atoms with Gasteiger partial charge in [0, 0.05) is 32.1 Å². The number of piperazine rings is 1. The van der Waals surface area contributed by atoms with Crippen molar-refractivity contribution in [2.24, 2.45) is 11.7 Å². The first kappa shape index (κ1) is 15.4. The lowest BCUT2D eigenvalue weighted by Gasteiger charge is -2.34. The zero-order valence-electron chi connectivity index (χ0n) is 11.1. The maximum atomic E-state index is 12.1. The molecule has 18 heavy (non-hydrogen) atoms. The normalized spacial score (nSPS) is 19.8. The summed E-state index contributed by atoms with van der Waals surface area (Å²) in [4.78, 5) is 13.8. The smallest absolute Gasteiger partial charge is 0.225 e. The maximum Gasteiger partial charge on any atom is 0.225 e. The maximum absolute atomic E-state index is 12.1. The van der Waals surface area contributed by atoms with E-state index < -0.39 is 10.0 Å². The summed E-state index contributed by atoms with van der Waals surface area (Å²) in [7, 11) is -3.13. The van der Waals surface area contributed by atoms with Crippen molar-refractivity contribution in [1.29, 1.82) is 0 Å². The second-order valence-corrected chi connectivity index (χ2v) is 6.80. The Hall–Kier alpha value is -0.660. The van der Waals surface area contributed by atoms with Gasteiger partial charge < -0.3 is 10.6 Å². The second kappa shape index (κ2) is 6.49. The minimum atomic E-state index is -3.13. The molecular formula is C11H23N3O3S. The van der Waals surface area contributed by atoms with E-state index in [1.165, 1.54) is 10.6 Å². The van der Waals surface area contributed by atoms with E-state index in [0.717, 1.165) is 12.8 Å². The molecule has 0 aliphatic carbocycles. The summed E-state index contributed by atoms with van der Waals surface area (Å²) in [5, 5.41) is 0. The summed E-state index contributed by atoms with van der Waals surface area (Å²) >= 11 is 0. The topological polar surface area (TPSA) is 83.7 Å². The molecule has 1 amide bonds. The van der Waals surface area contributed by atoms with E-state index in [-0.39, 0.29) is 11.8 Å². The number of rotatable bonds is 5. The molecule has 1 rings (SSSR count). The molecule has 1 atom stereocenters. The number of nitrogens with two attached hydrogens (primary N) is 1. The van der Waals surface area contributed by atoms with Crippen LogP contribution >= 0.6 is 0 Å². The number of hydrogen-bond acceptors (Lipinski definition) is 4. The summed E-state index contributed by atoms with van der Waals surface area (Å²) < 4.78 is 24.1. The average molecular weight is 277 g/mol. The van der Waals surface area contributed by atoms with E-state index in [9.17, 15) is 13.2 Å². The van der Waals surface area contributed by atoms with Crippen LogP contribution in [-0.4, -0.2) is 62.5 Å². The van der Waals surface area contributed by atoms with Gasteiger partial charge in [0.15, 0.2) is 0 Å². The fraction of sp³-hybridized carbons (Fsp3) is 0.909. The Kier molecular flexibility index (Phi) is 5.55. The van der Waals surface area contributed by atoms with Gasteiger partial charge in [0.2, 0.25) is 15.9 Å². The van der Waals surface area contributed by atoms with Gasteiger partial charge in [-0.2, -0.15) is 4.31 Å². The van der Waals surface area contributed by atoms with Gasteiger partial charge in [0.1, 0.15) is 0 Å². The molecule has 1 heterocycles. The van der Waals surface area contributed by atoms with Gasteiger partial charge in [-0.25, -0.2) is 8.42 Å². The predicted octanol–water partition coefficient (Wildman–Crippen LogP) is -0.535. The first-order valence-electron chi connectivity index (χ1n) is 6.30. The van der Waals surface area contributed by atoms with Crippen molar-refractivity contribution >= 4 is 15.9 Å². The Labute approximate surface area is 109 Å². The van der Waals surface area contributed by atoms with E-state index in [0.29, 0.717) is 32.7 Å². The third-order valence-corrected chi connectivity index (χ3v) is 4.59. The van der Waals surface area contributed by atoms with Crippen LogP contribution in [0.5, 0.6) is 0 Å². The van der Waals surface area contributed by atoms with Crippen molar-refractivity contribution in [1.82, 2.24) is 9.21 Å². The van der Waals surface area contributed by atoms with Crippen LogP contribution in [-0.2, 0) is 14.8 Å². The highest BCUT2D eigenvalue weighted by molar-refractivity contribution is 7.88. The summed E-state index contributed by atoms with van der Waals surface area (Å²) in [6.07, 6.45) is 2.84. The van der Waals surface area contributed by atoms with Gasteiger partial charge in [-0.15, -0.1) is 0 Å². The third-order valence-electron chi connectivity index (χ3n) is 3.28. The van der Waals surface area contributed by atoms with Crippen molar-refractivity contribution < 1.29 is 13.2 Å². The lowest BCUT2D eigenvalue weighted by molar-refractivity contribution is -0.136.